The zero-order valence-corrected chi connectivity index (χ0v) is 11.1. The molecule has 1 aromatic rings. The molecular weight excluding hydrogens is 222 g/mol. The van der Waals surface area contributed by atoms with E-state index in [1.54, 1.807) is 5.57 Å². The van der Waals surface area contributed by atoms with Gasteiger partial charge in [-0.1, -0.05) is 18.4 Å². The largest absolute Gasteiger partial charge is 0.316 e. The highest BCUT2D eigenvalue weighted by Gasteiger charge is 2.17. The Balaban J connectivity index is 1.70. The van der Waals surface area contributed by atoms with Gasteiger partial charge in [-0.2, -0.15) is 5.10 Å². The quantitative estimate of drug-likeness (QED) is 0.867. The van der Waals surface area contributed by atoms with Gasteiger partial charge in [0.2, 0.25) is 0 Å². The number of nitrogens with one attached hydrogen (secondary N) is 1. The Kier molecular flexibility index (Phi) is 3.79. The summed E-state index contributed by atoms with van der Waals surface area (Å²) in [6.07, 6.45) is 13.5. The van der Waals surface area contributed by atoms with Crippen molar-refractivity contribution < 1.29 is 0 Å². The number of hydrogen-bond acceptors (Lipinski definition) is 2. The maximum Gasteiger partial charge on any atom is 0.0850 e. The Labute approximate surface area is 109 Å². The van der Waals surface area contributed by atoms with Gasteiger partial charge in [-0.3, -0.25) is 4.68 Å². The predicted molar refractivity (Wildman–Crippen MR) is 74.4 cm³/mol. The SMILES string of the molecule is C(=C1\CCCNCC1)/c1ccn(C2CCCC2)n1. The Bertz CT molecular complexity index is 403. The van der Waals surface area contributed by atoms with Crippen LogP contribution < -0.4 is 5.32 Å². The fraction of sp³-hybridized carbons (Fsp3) is 0.667. The molecule has 1 saturated carbocycles. The highest BCUT2D eigenvalue weighted by atomic mass is 15.3. The van der Waals surface area contributed by atoms with Crippen LogP contribution in [0.3, 0.4) is 0 Å². The summed E-state index contributed by atoms with van der Waals surface area (Å²) in [5.41, 5.74) is 2.70. The molecule has 1 aliphatic carbocycles. The Morgan fingerprint density at radius 2 is 2.06 bits per heavy atom. The van der Waals surface area contributed by atoms with Gasteiger partial charge in [0.05, 0.1) is 11.7 Å². The van der Waals surface area contributed by atoms with Crippen LogP contribution in [0.2, 0.25) is 0 Å². The molecule has 3 heteroatoms. The maximum atomic E-state index is 4.74. The van der Waals surface area contributed by atoms with Crippen molar-refractivity contribution in [2.45, 2.75) is 51.0 Å². The Hall–Kier alpha value is -1.09. The van der Waals surface area contributed by atoms with Gasteiger partial charge in [-0.05, 0) is 57.3 Å². The van der Waals surface area contributed by atoms with Crippen molar-refractivity contribution >= 4 is 6.08 Å². The second kappa shape index (κ2) is 5.70. The lowest BCUT2D eigenvalue weighted by molar-refractivity contribution is 0.466. The molecule has 3 rings (SSSR count). The molecule has 2 aliphatic rings. The molecule has 3 nitrogen and oxygen atoms in total. The minimum Gasteiger partial charge on any atom is -0.316 e. The molecule has 2 heterocycles. The van der Waals surface area contributed by atoms with Crippen molar-refractivity contribution in [2.75, 3.05) is 13.1 Å². The highest BCUT2D eigenvalue weighted by molar-refractivity contribution is 5.48. The van der Waals surface area contributed by atoms with Crippen LogP contribution in [0.15, 0.2) is 17.8 Å². The Morgan fingerprint density at radius 3 is 2.94 bits per heavy atom. The molecule has 1 saturated heterocycles. The molecule has 1 aliphatic heterocycles. The third-order valence-corrected chi connectivity index (χ3v) is 4.15. The molecule has 0 radical (unpaired) electrons. The van der Waals surface area contributed by atoms with Crippen LogP contribution in [0.4, 0.5) is 0 Å². The van der Waals surface area contributed by atoms with Crippen molar-refractivity contribution in [3.63, 3.8) is 0 Å². The lowest BCUT2D eigenvalue weighted by Crippen LogP contribution is -2.13. The predicted octanol–water partition coefficient (Wildman–Crippen LogP) is 3.16. The molecule has 18 heavy (non-hydrogen) atoms. The minimum absolute atomic E-state index is 0.660. The molecular formula is C15H23N3. The van der Waals surface area contributed by atoms with Gasteiger partial charge in [0, 0.05) is 6.20 Å². The second-order valence-corrected chi connectivity index (χ2v) is 5.57. The van der Waals surface area contributed by atoms with Crippen LogP contribution in [0.1, 0.15) is 56.7 Å². The van der Waals surface area contributed by atoms with Gasteiger partial charge in [0.15, 0.2) is 0 Å². The van der Waals surface area contributed by atoms with Crippen molar-refractivity contribution in [1.29, 1.82) is 0 Å². The summed E-state index contributed by atoms with van der Waals surface area (Å²) in [5, 5.41) is 8.18. The fourth-order valence-corrected chi connectivity index (χ4v) is 3.09. The van der Waals surface area contributed by atoms with Gasteiger partial charge >= 0.3 is 0 Å². The number of nitrogens with zero attached hydrogens (tertiary/aromatic N) is 2. The van der Waals surface area contributed by atoms with E-state index in [0.29, 0.717) is 6.04 Å². The molecule has 0 unspecified atom stereocenters. The van der Waals surface area contributed by atoms with E-state index in [4.69, 9.17) is 5.10 Å². The van der Waals surface area contributed by atoms with Crippen LogP contribution in [-0.4, -0.2) is 22.9 Å². The van der Waals surface area contributed by atoms with Crippen LogP contribution in [0, 0.1) is 0 Å². The molecule has 2 fully saturated rings. The number of hydrogen-bond donors (Lipinski definition) is 1. The van der Waals surface area contributed by atoms with Crippen LogP contribution in [-0.2, 0) is 0 Å². The molecule has 0 atom stereocenters. The lowest BCUT2D eigenvalue weighted by Gasteiger charge is -2.08. The van der Waals surface area contributed by atoms with E-state index in [-0.39, 0.29) is 0 Å². The van der Waals surface area contributed by atoms with Crippen molar-refractivity contribution in [3.8, 4) is 0 Å². The van der Waals surface area contributed by atoms with E-state index in [1.165, 1.54) is 44.9 Å². The molecule has 0 amide bonds. The first-order valence-corrected chi connectivity index (χ1v) is 7.37. The van der Waals surface area contributed by atoms with Crippen LogP contribution >= 0.6 is 0 Å². The van der Waals surface area contributed by atoms with Gasteiger partial charge in [-0.25, -0.2) is 0 Å². The Morgan fingerprint density at radius 1 is 1.17 bits per heavy atom. The zero-order valence-electron chi connectivity index (χ0n) is 11.1. The second-order valence-electron chi connectivity index (χ2n) is 5.57. The summed E-state index contributed by atoms with van der Waals surface area (Å²) in [4.78, 5) is 0. The normalized spacial score (nSPS) is 24.6. The van der Waals surface area contributed by atoms with Gasteiger partial charge in [0.1, 0.15) is 0 Å². The third kappa shape index (κ3) is 2.83. The van der Waals surface area contributed by atoms with E-state index in [1.807, 2.05) is 0 Å². The molecule has 0 aromatic carbocycles. The van der Waals surface area contributed by atoms with Gasteiger partial charge in [-0.15, -0.1) is 0 Å². The summed E-state index contributed by atoms with van der Waals surface area (Å²) in [5.74, 6) is 0. The van der Waals surface area contributed by atoms with Gasteiger partial charge in [0.25, 0.3) is 0 Å². The van der Waals surface area contributed by atoms with Crippen molar-refractivity contribution in [1.82, 2.24) is 15.1 Å². The third-order valence-electron chi connectivity index (χ3n) is 4.15. The van der Waals surface area contributed by atoms with Crippen molar-refractivity contribution in [2.24, 2.45) is 0 Å². The topological polar surface area (TPSA) is 29.9 Å². The zero-order chi connectivity index (χ0) is 12.2. The monoisotopic (exact) mass is 245 g/mol. The van der Waals surface area contributed by atoms with E-state index in [2.05, 4.69) is 28.3 Å². The molecule has 0 spiro atoms. The maximum absolute atomic E-state index is 4.74. The highest BCUT2D eigenvalue weighted by Crippen LogP contribution is 2.29. The first-order valence-electron chi connectivity index (χ1n) is 7.37. The molecule has 0 bridgehead atoms. The summed E-state index contributed by atoms with van der Waals surface area (Å²) >= 11 is 0. The smallest absolute Gasteiger partial charge is 0.0850 e. The molecule has 98 valence electrons. The fourth-order valence-electron chi connectivity index (χ4n) is 3.09. The standard InChI is InChI=1S/C15H23N3/c1-2-6-15(5-1)18-11-8-14(17-18)12-13-4-3-9-16-10-7-13/h8,11-12,15-16H,1-7,9-10H2/b13-12-. The summed E-state index contributed by atoms with van der Waals surface area (Å²) < 4.78 is 2.19. The summed E-state index contributed by atoms with van der Waals surface area (Å²) in [6.45, 7) is 2.28. The molecule has 1 N–H and O–H groups in total. The average molecular weight is 245 g/mol. The van der Waals surface area contributed by atoms with E-state index >= 15 is 0 Å². The number of rotatable bonds is 2. The minimum atomic E-state index is 0.660. The summed E-state index contributed by atoms with van der Waals surface area (Å²) in [6, 6.07) is 2.83. The first-order chi connectivity index (χ1) is 8.92. The van der Waals surface area contributed by atoms with Crippen LogP contribution in [0.25, 0.3) is 6.08 Å². The van der Waals surface area contributed by atoms with E-state index < -0.39 is 0 Å². The lowest BCUT2D eigenvalue weighted by atomic mass is 10.1. The average Bonchev–Trinajstić information content (AvgIpc) is 2.98. The van der Waals surface area contributed by atoms with E-state index in [0.717, 1.165) is 18.8 Å². The summed E-state index contributed by atoms with van der Waals surface area (Å²) in [7, 11) is 0. The van der Waals surface area contributed by atoms with Crippen LogP contribution in [0.5, 0.6) is 0 Å². The van der Waals surface area contributed by atoms with Gasteiger partial charge < -0.3 is 5.32 Å². The first kappa shape index (κ1) is 12.0. The van der Waals surface area contributed by atoms with E-state index in [9.17, 15) is 0 Å². The number of aromatic nitrogens is 2. The van der Waals surface area contributed by atoms with Crippen molar-refractivity contribution in [3.05, 3.63) is 23.5 Å². The molecule has 1 aromatic heterocycles.